The fourth-order valence-corrected chi connectivity index (χ4v) is 7.13. The third-order valence-electron chi connectivity index (χ3n) is 8.29. The molecule has 3 aliphatic rings. The summed E-state index contributed by atoms with van der Waals surface area (Å²) in [4.78, 5) is 21.7. The van der Waals surface area contributed by atoms with Crippen molar-refractivity contribution >= 4 is 34.4 Å². The monoisotopic (exact) mass is 666 g/mol. The van der Waals surface area contributed by atoms with Crippen molar-refractivity contribution in [3.05, 3.63) is 56.7 Å². The van der Waals surface area contributed by atoms with Gasteiger partial charge in [0.05, 0.1) is 18.0 Å². The van der Waals surface area contributed by atoms with Crippen LogP contribution in [0.1, 0.15) is 41.0 Å². The molecule has 1 aliphatic carbocycles. The van der Waals surface area contributed by atoms with E-state index in [0.29, 0.717) is 29.4 Å². The van der Waals surface area contributed by atoms with Crippen LogP contribution in [-0.4, -0.2) is 77.1 Å². The molecule has 6 rings (SSSR count). The van der Waals surface area contributed by atoms with Gasteiger partial charge in [0.2, 0.25) is 0 Å². The largest absolute Gasteiger partial charge is 0.496 e. The number of thiazole rings is 1. The number of alkyl halides is 3. The molecular weight excluding hydrogens is 633 g/mol. The normalized spacial score (nSPS) is 19.9. The van der Waals surface area contributed by atoms with Gasteiger partial charge in [0.1, 0.15) is 24.0 Å². The number of halogens is 4. The van der Waals surface area contributed by atoms with Gasteiger partial charge in [0.15, 0.2) is 5.69 Å². The molecular formula is C30H34ClF3N6O4S. The number of piperazine rings is 1. The highest BCUT2D eigenvalue weighted by Crippen LogP contribution is 2.40. The summed E-state index contributed by atoms with van der Waals surface area (Å²) < 4.78 is 56.9. The first-order valence-corrected chi connectivity index (χ1v) is 15.9. The molecule has 1 saturated heterocycles. The number of nitrogens with zero attached hydrogens (tertiary/aromatic N) is 4. The first kappa shape index (κ1) is 31.6. The van der Waals surface area contributed by atoms with Gasteiger partial charge < -0.3 is 29.7 Å². The Balaban J connectivity index is 1.19. The Morgan fingerprint density at radius 3 is 2.71 bits per heavy atom. The number of amides is 1. The van der Waals surface area contributed by atoms with E-state index in [9.17, 15) is 18.0 Å². The highest BCUT2D eigenvalue weighted by Gasteiger charge is 2.42. The molecule has 3 aromatic rings. The third kappa shape index (κ3) is 6.64. The summed E-state index contributed by atoms with van der Waals surface area (Å²) in [6, 6.07) is 6.14. The maximum atomic E-state index is 14.4. The van der Waals surface area contributed by atoms with E-state index in [4.69, 9.17) is 25.8 Å². The number of hydrogen-bond acceptors (Lipinski definition) is 9. The van der Waals surface area contributed by atoms with Crippen molar-refractivity contribution in [2.24, 2.45) is 7.05 Å². The first-order valence-electron chi connectivity index (χ1n) is 14.7. The van der Waals surface area contributed by atoms with E-state index in [-0.39, 0.29) is 43.1 Å². The van der Waals surface area contributed by atoms with Crippen molar-refractivity contribution in [2.75, 3.05) is 33.4 Å². The second kappa shape index (κ2) is 12.8. The number of methoxy groups -OCH3 is 1. The average molecular weight is 667 g/mol. The highest BCUT2D eigenvalue weighted by molar-refractivity contribution is 7.14. The van der Waals surface area contributed by atoms with Crippen LogP contribution >= 0.6 is 22.9 Å². The van der Waals surface area contributed by atoms with Crippen LogP contribution in [0.4, 0.5) is 13.2 Å². The van der Waals surface area contributed by atoms with Crippen molar-refractivity contribution in [3.63, 3.8) is 0 Å². The molecule has 242 valence electrons. The van der Waals surface area contributed by atoms with Crippen molar-refractivity contribution in [2.45, 2.75) is 57.0 Å². The number of ether oxygens (including phenoxy) is 3. The highest BCUT2D eigenvalue weighted by atomic mass is 35.5. The Morgan fingerprint density at radius 1 is 1.22 bits per heavy atom. The molecule has 2 fully saturated rings. The van der Waals surface area contributed by atoms with Gasteiger partial charge in [-0.1, -0.05) is 35.1 Å². The zero-order valence-electron chi connectivity index (χ0n) is 25.0. The van der Waals surface area contributed by atoms with E-state index in [0.717, 1.165) is 59.3 Å². The molecule has 45 heavy (non-hydrogen) atoms. The molecule has 2 aromatic heterocycles. The molecule has 10 nitrogen and oxygen atoms in total. The maximum Gasteiger partial charge on any atom is 0.434 e. The fraction of sp³-hybridized carbons (Fsp3) is 0.500. The Hall–Kier alpha value is -3.33. The lowest BCUT2D eigenvalue weighted by atomic mass is 9.86. The summed E-state index contributed by atoms with van der Waals surface area (Å²) in [6.07, 6.45) is -0.338. The quantitative estimate of drug-likeness (QED) is 0.287. The Bertz CT molecular complexity index is 1600. The van der Waals surface area contributed by atoms with Crippen LogP contribution in [0.25, 0.3) is 5.57 Å². The molecule has 2 bridgehead atoms. The van der Waals surface area contributed by atoms with E-state index in [1.165, 1.54) is 11.3 Å². The minimum atomic E-state index is -4.66. The molecule has 2 N–H and O–H groups in total. The second-order valence-corrected chi connectivity index (χ2v) is 12.7. The maximum absolute atomic E-state index is 14.4. The van der Waals surface area contributed by atoms with Gasteiger partial charge in [0, 0.05) is 50.5 Å². The number of aryl methyl sites for hydroxylation is 1. The number of rotatable bonds is 11. The van der Waals surface area contributed by atoms with Gasteiger partial charge in [-0.2, -0.15) is 13.2 Å². The molecule has 1 amide bonds. The zero-order valence-corrected chi connectivity index (χ0v) is 26.6. The number of carbonyl (C=O) groups is 1. The predicted molar refractivity (Wildman–Crippen MR) is 163 cm³/mol. The topological polar surface area (TPSA) is 103 Å². The van der Waals surface area contributed by atoms with Crippen molar-refractivity contribution in [1.82, 2.24) is 30.3 Å². The van der Waals surface area contributed by atoms with Crippen LogP contribution in [0.3, 0.4) is 0 Å². The average Bonchev–Trinajstić information content (AvgIpc) is 3.65. The van der Waals surface area contributed by atoms with E-state index >= 15 is 0 Å². The first-order chi connectivity index (χ1) is 21.5. The summed E-state index contributed by atoms with van der Waals surface area (Å²) in [6.45, 7) is 3.87. The van der Waals surface area contributed by atoms with E-state index in [1.54, 1.807) is 13.3 Å². The van der Waals surface area contributed by atoms with Crippen LogP contribution in [0, 0.1) is 6.92 Å². The van der Waals surface area contributed by atoms with Crippen LogP contribution in [0.2, 0.25) is 5.02 Å². The smallest absolute Gasteiger partial charge is 0.434 e. The van der Waals surface area contributed by atoms with Gasteiger partial charge in [-0.25, -0.2) is 4.98 Å². The SMILES string of the molecule is COc1cccc(CN(C(=O)C2=C(c3cnc(OCCOc4nn(C)c(C(F)(F)F)c4Cl)s3)C[C@@H]3CNC[C@H]2N3)C2CC2)c1C. The summed E-state index contributed by atoms with van der Waals surface area (Å²) in [5, 5.41) is 10.6. The minimum Gasteiger partial charge on any atom is -0.496 e. The molecule has 0 spiro atoms. The fourth-order valence-electron chi connectivity index (χ4n) is 5.95. The Kier molecular flexibility index (Phi) is 9.01. The van der Waals surface area contributed by atoms with Crippen molar-refractivity contribution in [1.29, 1.82) is 0 Å². The number of aromatic nitrogens is 3. The molecule has 1 aromatic carbocycles. The number of nitrogens with one attached hydrogen (secondary N) is 2. The predicted octanol–water partition coefficient (Wildman–Crippen LogP) is 4.60. The molecule has 0 radical (unpaired) electrons. The lowest BCUT2D eigenvalue weighted by molar-refractivity contribution is -0.143. The second-order valence-electron chi connectivity index (χ2n) is 11.4. The number of fused-ring (bicyclic) bond motifs is 2. The van der Waals surface area contributed by atoms with Gasteiger partial charge in [0.25, 0.3) is 17.0 Å². The molecule has 2 atom stereocenters. The van der Waals surface area contributed by atoms with Crippen LogP contribution in [0.15, 0.2) is 30.0 Å². The van der Waals surface area contributed by atoms with Crippen molar-refractivity contribution in [3.8, 4) is 16.8 Å². The van der Waals surface area contributed by atoms with Crippen LogP contribution in [-0.2, 0) is 24.6 Å². The molecule has 0 unspecified atom stereocenters. The van der Waals surface area contributed by atoms with Crippen molar-refractivity contribution < 1.29 is 32.2 Å². The lowest BCUT2D eigenvalue weighted by Gasteiger charge is -2.40. The Morgan fingerprint density at radius 2 is 2.00 bits per heavy atom. The number of carbonyl (C=O) groups excluding carboxylic acids is 1. The van der Waals surface area contributed by atoms with E-state index in [1.807, 2.05) is 30.0 Å². The molecule has 2 aliphatic heterocycles. The standard InChI is InChI=1S/C30H34ClF3N6O4S/c1-16-17(5-4-6-22(16)42-3)15-40(19-7-8-19)28(41)24-20(11-18-12-35-13-21(24)37-18)23-14-36-29(45-23)44-10-9-43-27-25(31)26(30(32,33)34)39(2)38-27/h4-6,14,18-19,21,35,37H,7-13,15H2,1-3H3/t18-,21-/m1/s1. The molecule has 4 heterocycles. The minimum absolute atomic E-state index is 0.0120. The van der Waals surface area contributed by atoms with Crippen LogP contribution in [0.5, 0.6) is 16.8 Å². The summed E-state index contributed by atoms with van der Waals surface area (Å²) in [5.41, 5.74) is 2.70. The Labute approximate surface area is 267 Å². The zero-order chi connectivity index (χ0) is 31.9. The third-order valence-corrected chi connectivity index (χ3v) is 9.60. The number of hydrogen-bond donors (Lipinski definition) is 2. The molecule has 1 saturated carbocycles. The van der Waals surface area contributed by atoms with E-state index < -0.39 is 16.9 Å². The van der Waals surface area contributed by atoms with Gasteiger partial charge in [-0.05, 0) is 49.0 Å². The van der Waals surface area contributed by atoms with Gasteiger partial charge in [-0.3, -0.25) is 9.48 Å². The summed E-state index contributed by atoms with van der Waals surface area (Å²) in [5.74, 6) is 0.498. The van der Waals surface area contributed by atoms with Gasteiger partial charge >= 0.3 is 6.18 Å². The lowest BCUT2D eigenvalue weighted by Crippen LogP contribution is -2.59. The summed E-state index contributed by atoms with van der Waals surface area (Å²) >= 11 is 7.19. The van der Waals surface area contributed by atoms with E-state index in [2.05, 4.69) is 20.7 Å². The van der Waals surface area contributed by atoms with Crippen LogP contribution < -0.4 is 24.8 Å². The summed E-state index contributed by atoms with van der Waals surface area (Å²) in [7, 11) is 2.80. The molecule has 15 heteroatoms. The number of benzene rings is 1. The van der Waals surface area contributed by atoms with Gasteiger partial charge in [-0.15, -0.1) is 5.10 Å².